The van der Waals surface area contributed by atoms with E-state index in [-0.39, 0.29) is 16.9 Å². The Labute approximate surface area is 107 Å². The van der Waals surface area contributed by atoms with Crippen molar-refractivity contribution in [3.05, 3.63) is 59.7 Å². The summed E-state index contributed by atoms with van der Waals surface area (Å²) in [6.07, 6.45) is 1.31. The number of aromatic carboxylic acids is 1. The second kappa shape index (κ2) is 5.26. The first-order valence-electron chi connectivity index (χ1n) is 5.33. The molecule has 19 heavy (non-hydrogen) atoms. The van der Waals surface area contributed by atoms with Crippen molar-refractivity contribution in [3.63, 3.8) is 0 Å². The molecule has 1 aromatic heterocycles. The van der Waals surface area contributed by atoms with Crippen molar-refractivity contribution in [2.45, 2.75) is 0 Å². The monoisotopic (exact) mass is 260 g/mol. The predicted octanol–water partition coefficient (Wildman–Crippen LogP) is 2.17. The van der Waals surface area contributed by atoms with Crippen LogP contribution in [0.3, 0.4) is 0 Å². The Morgan fingerprint density at radius 2 is 2.00 bits per heavy atom. The zero-order valence-electron chi connectivity index (χ0n) is 9.63. The van der Waals surface area contributed by atoms with Gasteiger partial charge in [0.05, 0.1) is 5.56 Å². The van der Waals surface area contributed by atoms with Crippen LogP contribution in [-0.4, -0.2) is 22.0 Å². The van der Waals surface area contributed by atoms with E-state index in [0.717, 1.165) is 6.07 Å². The standard InChI is InChI=1S/C13H9FN2O3/c14-8-3-1-4-9(7-8)16-12(17)11-10(13(18)19)5-2-6-15-11/h1-7H,(H,16,17)(H,18,19). The third-order valence-corrected chi connectivity index (χ3v) is 2.34. The fourth-order valence-electron chi connectivity index (χ4n) is 1.52. The topological polar surface area (TPSA) is 79.3 Å². The number of hydrogen-bond acceptors (Lipinski definition) is 3. The molecule has 1 aromatic carbocycles. The first-order valence-corrected chi connectivity index (χ1v) is 5.33. The number of nitrogens with one attached hydrogen (secondary N) is 1. The van der Waals surface area contributed by atoms with Crippen LogP contribution in [0.5, 0.6) is 0 Å². The van der Waals surface area contributed by atoms with E-state index in [4.69, 9.17) is 5.11 Å². The van der Waals surface area contributed by atoms with Crippen LogP contribution in [0.25, 0.3) is 0 Å². The molecule has 0 fully saturated rings. The molecule has 0 radical (unpaired) electrons. The van der Waals surface area contributed by atoms with E-state index in [0.29, 0.717) is 0 Å². The molecule has 6 heteroatoms. The Kier molecular flexibility index (Phi) is 3.51. The fraction of sp³-hybridized carbons (Fsp3) is 0. The summed E-state index contributed by atoms with van der Waals surface area (Å²) >= 11 is 0. The molecule has 0 spiro atoms. The molecule has 0 atom stereocenters. The number of amides is 1. The largest absolute Gasteiger partial charge is 0.478 e. The van der Waals surface area contributed by atoms with Crippen LogP contribution in [0.1, 0.15) is 20.8 Å². The normalized spacial score (nSPS) is 9.95. The Morgan fingerprint density at radius 3 is 2.68 bits per heavy atom. The maximum absolute atomic E-state index is 13.0. The predicted molar refractivity (Wildman–Crippen MR) is 65.5 cm³/mol. The average molecular weight is 260 g/mol. The van der Waals surface area contributed by atoms with Gasteiger partial charge in [0.1, 0.15) is 11.5 Å². The van der Waals surface area contributed by atoms with Crippen LogP contribution in [0, 0.1) is 5.82 Å². The number of carbonyl (C=O) groups excluding carboxylic acids is 1. The Morgan fingerprint density at radius 1 is 1.21 bits per heavy atom. The van der Waals surface area contributed by atoms with Crippen molar-refractivity contribution in [2.75, 3.05) is 5.32 Å². The first kappa shape index (κ1) is 12.7. The number of carboxylic acid groups (broad SMARTS) is 1. The molecule has 1 heterocycles. The summed E-state index contributed by atoms with van der Waals surface area (Å²) in [5.74, 6) is -2.46. The second-order valence-electron chi connectivity index (χ2n) is 3.67. The molecule has 0 aliphatic carbocycles. The maximum Gasteiger partial charge on any atom is 0.338 e. The van der Waals surface area contributed by atoms with E-state index < -0.39 is 17.7 Å². The summed E-state index contributed by atoms with van der Waals surface area (Å²) in [7, 11) is 0. The number of aromatic nitrogens is 1. The number of carbonyl (C=O) groups is 2. The highest BCUT2D eigenvalue weighted by Crippen LogP contribution is 2.12. The summed E-state index contributed by atoms with van der Waals surface area (Å²) in [4.78, 5) is 26.6. The van der Waals surface area contributed by atoms with Crippen molar-refractivity contribution in [1.29, 1.82) is 0 Å². The molecule has 2 rings (SSSR count). The second-order valence-corrected chi connectivity index (χ2v) is 3.67. The first-order chi connectivity index (χ1) is 9.08. The number of pyridine rings is 1. The Hall–Kier alpha value is -2.76. The Balaban J connectivity index is 2.28. The summed E-state index contributed by atoms with van der Waals surface area (Å²) in [6.45, 7) is 0. The number of benzene rings is 1. The number of halogens is 1. The maximum atomic E-state index is 13.0. The van der Waals surface area contributed by atoms with Gasteiger partial charge in [-0.2, -0.15) is 0 Å². The molecular formula is C13H9FN2O3. The van der Waals surface area contributed by atoms with Crippen LogP contribution in [0.15, 0.2) is 42.6 Å². The van der Waals surface area contributed by atoms with Gasteiger partial charge in [-0.3, -0.25) is 9.78 Å². The minimum atomic E-state index is -1.25. The molecule has 5 nitrogen and oxygen atoms in total. The van der Waals surface area contributed by atoms with Gasteiger partial charge in [0.15, 0.2) is 0 Å². The van der Waals surface area contributed by atoms with Crippen LogP contribution >= 0.6 is 0 Å². The van der Waals surface area contributed by atoms with Crippen molar-refractivity contribution in [1.82, 2.24) is 4.98 Å². The van der Waals surface area contributed by atoms with Crippen molar-refractivity contribution in [2.24, 2.45) is 0 Å². The smallest absolute Gasteiger partial charge is 0.338 e. The summed E-state index contributed by atoms with van der Waals surface area (Å²) in [6, 6.07) is 7.98. The molecule has 96 valence electrons. The third kappa shape index (κ3) is 2.92. The van der Waals surface area contributed by atoms with Crippen molar-refractivity contribution < 1.29 is 19.1 Å². The third-order valence-electron chi connectivity index (χ3n) is 2.34. The van der Waals surface area contributed by atoms with Gasteiger partial charge < -0.3 is 10.4 Å². The highest BCUT2D eigenvalue weighted by atomic mass is 19.1. The number of hydrogen-bond donors (Lipinski definition) is 2. The molecule has 0 aliphatic rings. The zero-order valence-corrected chi connectivity index (χ0v) is 9.63. The highest BCUT2D eigenvalue weighted by molar-refractivity contribution is 6.09. The zero-order chi connectivity index (χ0) is 13.8. The van der Waals surface area contributed by atoms with E-state index in [1.165, 1.54) is 36.5 Å². The molecule has 0 aliphatic heterocycles. The fourth-order valence-corrected chi connectivity index (χ4v) is 1.52. The highest BCUT2D eigenvalue weighted by Gasteiger charge is 2.17. The molecular weight excluding hydrogens is 251 g/mol. The van der Waals surface area contributed by atoms with E-state index in [9.17, 15) is 14.0 Å². The summed E-state index contributed by atoms with van der Waals surface area (Å²) in [5.41, 5.74) is -0.206. The molecule has 2 aromatic rings. The Bertz CT molecular complexity index is 643. The average Bonchev–Trinajstić information content (AvgIpc) is 2.38. The number of nitrogens with zero attached hydrogens (tertiary/aromatic N) is 1. The van der Waals surface area contributed by atoms with Crippen molar-refractivity contribution in [3.8, 4) is 0 Å². The van der Waals surface area contributed by atoms with Gasteiger partial charge in [-0.25, -0.2) is 9.18 Å². The van der Waals surface area contributed by atoms with Gasteiger partial charge >= 0.3 is 5.97 Å². The van der Waals surface area contributed by atoms with E-state index in [2.05, 4.69) is 10.3 Å². The van der Waals surface area contributed by atoms with Gasteiger partial charge in [-0.05, 0) is 30.3 Å². The SMILES string of the molecule is O=C(O)c1cccnc1C(=O)Nc1cccc(F)c1. The summed E-state index contributed by atoms with van der Waals surface area (Å²) in [5, 5.41) is 11.3. The number of carboxylic acids is 1. The molecule has 0 saturated heterocycles. The molecule has 0 unspecified atom stereocenters. The molecule has 1 amide bonds. The van der Waals surface area contributed by atoms with E-state index in [1.54, 1.807) is 0 Å². The summed E-state index contributed by atoms with van der Waals surface area (Å²) < 4.78 is 13.0. The van der Waals surface area contributed by atoms with E-state index in [1.807, 2.05) is 0 Å². The number of anilines is 1. The van der Waals surface area contributed by atoms with E-state index >= 15 is 0 Å². The van der Waals surface area contributed by atoms with Gasteiger partial charge in [0.25, 0.3) is 5.91 Å². The minimum Gasteiger partial charge on any atom is -0.478 e. The quantitative estimate of drug-likeness (QED) is 0.886. The van der Waals surface area contributed by atoms with Gasteiger partial charge in [0.2, 0.25) is 0 Å². The molecule has 2 N–H and O–H groups in total. The van der Waals surface area contributed by atoms with Crippen molar-refractivity contribution >= 4 is 17.6 Å². The van der Waals surface area contributed by atoms with Gasteiger partial charge in [0, 0.05) is 11.9 Å². The molecule has 0 saturated carbocycles. The minimum absolute atomic E-state index is 0.212. The number of rotatable bonds is 3. The van der Waals surface area contributed by atoms with Crippen LogP contribution in [0.2, 0.25) is 0 Å². The molecule has 0 bridgehead atoms. The van der Waals surface area contributed by atoms with Crippen LogP contribution in [-0.2, 0) is 0 Å². The van der Waals surface area contributed by atoms with Crippen LogP contribution in [0.4, 0.5) is 10.1 Å². The lowest BCUT2D eigenvalue weighted by molar-refractivity contribution is 0.0691. The van der Waals surface area contributed by atoms with Gasteiger partial charge in [-0.1, -0.05) is 6.07 Å². The lowest BCUT2D eigenvalue weighted by Crippen LogP contribution is -2.18. The van der Waals surface area contributed by atoms with Gasteiger partial charge in [-0.15, -0.1) is 0 Å². The van der Waals surface area contributed by atoms with Crippen LogP contribution < -0.4 is 5.32 Å². The lowest BCUT2D eigenvalue weighted by atomic mass is 10.2. The lowest BCUT2D eigenvalue weighted by Gasteiger charge is -2.06.